The van der Waals surface area contributed by atoms with Crippen molar-refractivity contribution in [3.05, 3.63) is 0 Å². The second-order valence-electron chi connectivity index (χ2n) is 7.17. The first-order valence-electron chi connectivity index (χ1n) is 8.49. The quantitative estimate of drug-likeness (QED) is 0.869. The maximum absolute atomic E-state index is 12.7. The third-order valence-electron chi connectivity index (χ3n) is 5.60. The van der Waals surface area contributed by atoms with E-state index >= 15 is 0 Å². The van der Waals surface area contributed by atoms with Gasteiger partial charge in [0.1, 0.15) is 0 Å². The van der Waals surface area contributed by atoms with Gasteiger partial charge in [0.2, 0.25) is 5.91 Å². The Labute approximate surface area is 127 Å². The van der Waals surface area contributed by atoms with Crippen molar-refractivity contribution in [1.82, 2.24) is 4.90 Å². The molecule has 1 saturated heterocycles. The van der Waals surface area contributed by atoms with Crippen molar-refractivity contribution in [2.75, 3.05) is 13.1 Å². The summed E-state index contributed by atoms with van der Waals surface area (Å²) in [5, 5.41) is 9.59. The largest absolute Gasteiger partial charge is 0.481 e. The Morgan fingerprint density at radius 2 is 1.67 bits per heavy atom. The summed E-state index contributed by atoms with van der Waals surface area (Å²) in [5.74, 6) is -0.349. The molecule has 1 atom stereocenters. The van der Waals surface area contributed by atoms with Gasteiger partial charge in [0.15, 0.2) is 0 Å². The van der Waals surface area contributed by atoms with Crippen LogP contribution in [-0.4, -0.2) is 35.0 Å². The molecule has 120 valence electrons. The molecule has 0 bridgehead atoms. The SMILES string of the molecule is CC(C)C1(C(=O)O)CCN(C(=O)C2CCCCCCC2)C1. The Bertz CT molecular complexity index is 385. The lowest BCUT2D eigenvalue weighted by Gasteiger charge is -2.30. The van der Waals surface area contributed by atoms with Gasteiger partial charge in [-0.3, -0.25) is 9.59 Å². The summed E-state index contributed by atoms with van der Waals surface area (Å²) >= 11 is 0. The lowest BCUT2D eigenvalue weighted by Crippen LogP contribution is -2.42. The van der Waals surface area contributed by atoms with E-state index in [-0.39, 0.29) is 17.7 Å². The second-order valence-corrected chi connectivity index (χ2v) is 7.17. The lowest BCUT2D eigenvalue weighted by molar-refractivity contribution is -0.151. The van der Waals surface area contributed by atoms with Gasteiger partial charge in [0.25, 0.3) is 0 Å². The van der Waals surface area contributed by atoms with Crippen molar-refractivity contribution in [2.45, 2.75) is 65.2 Å². The summed E-state index contributed by atoms with van der Waals surface area (Å²) in [6, 6.07) is 0. The summed E-state index contributed by atoms with van der Waals surface area (Å²) in [6.07, 6.45) is 8.59. The van der Waals surface area contributed by atoms with Crippen molar-refractivity contribution in [1.29, 1.82) is 0 Å². The van der Waals surface area contributed by atoms with Gasteiger partial charge in [-0.15, -0.1) is 0 Å². The van der Waals surface area contributed by atoms with E-state index in [0.717, 1.165) is 25.7 Å². The minimum Gasteiger partial charge on any atom is -0.481 e. The Balaban J connectivity index is 2.02. The molecule has 0 aromatic heterocycles. The number of rotatable bonds is 3. The summed E-state index contributed by atoms with van der Waals surface area (Å²) in [7, 11) is 0. The summed E-state index contributed by atoms with van der Waals surface area (Å²) in [4.78, 5) is 26.2. The van der Waals surface area contributed by atoms with Crippen LogP contribution in [0, 0.1) is 17.3 Å². The highest BCUT2D eigenvalue weighted by atomic mass is 16.4. The van der Waals surface area contributed by atoms with Crippen LogP contribution in [0.1, 0.15) is 65.2 Å². The first kappa shape index (κ1) is 16.3. The molecule has 1 aliphatic carbocycles. The van der Waals surface area contributed by atoms with E-state index in [0.29, 0.717) is 19.5 Å². The second kappa shape index (κ2) is 6.80. The zero-order valence-electron chi connectivity index (χ0n) is 13.4. The van der Waals surface area contributed by atoms with Crippen LogP contribution in [0.15, 0.2) is 0 Å². The van der Waals surface area contributed by atoms with Crippen molar-refractivity contribution in [3.8, 4) is 0 Å². The number of nitrogens with zero attached hydrogens (tertiary/aromatic N) is 1. The molecule has 1 aliphatic heterocycles. The molecule has 2 fully saturated rings. The number of carboxylic acids is 1. The van der Waals surface area contributed by atoms with Crippen LogP contribution in [0.2, 0.25) is 0 Å². The molecule has 4 heteroatoms. The Morgan fingerprint density at radius 3 is 2.14 bits per heavy atom. The predicted molar refractivity (Wildman–Crippen MR) is 81.9 cm³/mol. The summed E-state index contributed by atoms with van der Waals surface area (Å²) in [6.45, 7) is 4.92. The van der Waals surface area contributed by atoms with Gasteiger partial charge in [-0.1, -0.05) is 46.0 Å². The zero-order valence-corrected chi connectivity index (χ0v) is 13.4. The maximum Gasteiger partial charge on any atom is 0.311 e. The van der Waals surface area contributed by atoms with E-state index in [9.17, 15) is 14.7 Å². The van der Waals surface area contributed by atoms with Gasteiger partial charge in [-0.05, 0) is 25.2 Å². The molecule has 21 heavy (non-hydrogen) atoms. The molecule has 0 aromatic rings. The molecule has 1 amide bonds. The molecule has 2 aliphatic rings. The molecule has 1 heterocycles. The molecule has 4 nitrogen and oxygen atoms in total. The third-order valence-corrected chi connectivity index (χ3v) is 5.60. The van der Waals surface area contributed by atoms with Crippen LogP contribution in [0.5, 0.6) is 0 Å². The van der Waals surface area contributed by atoms with Crippen LogP contribution in [-0.2, 0) is 9.59 Å². The number of amides is 1. The molecule has 0 aromatic carbocycles. The zero-order chi connectivity index (χ0) is 15.5. The maximum atomic E-state index is 12.7. The van der Waals surface area contributed by atoms with Crippen LogP contribution < -0.4 is 0 Å². The smallest absolute Gasteiger partial charge is 0.311 e. The van der Waals surface area contributed by atoms with Crippen LogP contribution in [0.25, 0.3) is 0 Å². The van der Waals surface area contributed by atoms with Crippen LogP contribution >= 0.6 is 0 Å². The molecule has 0 spiro atoms. The van der Waals surface area contributed by atoms with E-state index in [1.54, 1.807) is 0 Å². The van der Waals surface area contributed by atoms with Gasteiger partial charge in [0.05, 0.1) is 5.41 Å². The number of carbonyl (C=O) groups excluding carboxylic acids is 1. The minimum absolute atomic E-state index is 0.0603. The van der Waals surface area contributed by atoms with E-state index in [4.69, 9.17) is 0 Å². The van der Waals surface area contributed by atoms with Gasteiger partial charge in [-0.25, -0.2) is 0 Å². The number of hydrogen-bond donors (Lipinski definition) is 1. The fourth-order valence-electron chi connectivity index (χ4n) is 3.88. The van der Waals surface area contributed by atoms with Gasteiger partial charge in [0, 0.05) is 19.0 Å². The standard InChI is InChI=1S/C17H29NO3/c1-13(2)17(16(20)21)10-11-18(12-17)15(19)14-8-6-4-3-5-7-9-14/h13-14H,3-12H2,1-2H3,(H,20,21). The number of carboxylic acid groups (broad SMARTS) is 1. The topological polar surface area (TPSA) is 57.6 Å². The van der Waals surface area contributed by atoms with E-state index < -0.39 is 11.4 Å². The molecule has 1 unspecified atom stereocenters. The third kappa shape index (κ3) is 3.41. The highest BCUT2D eigenvalue weighted by Crippen LogP contribution is 2.39. The van der Waals surface area contributed by atoms with Crippen molar-refractivity contribution in [3.63, 3.8) is 0 Å². The molecule has 1 saturated carbocycles. The number of hydrogen-bond acceptors (Lipinski definition) is 2. The van der Waals surface area contributed by atoms with Crippen molar-refractivity contribution < 1.29 is 14.7 Å². The molecule has 0 radical (unpaired) electrons. The van der Waals surface area contributed by atoms with Gasteiger partial charge in [-0.2, -0.15) is 0 Å². The molecular formula is C17H29NO3. The van der Waals surface area contributed by atoms with E-state index in [1.165, 1.54) is 19.3 Å². The first-order valence-corrected chi connectivity index (χ1v) is 8.49. The number of likely N-dealkylation sites (tertiary alicyclic amines) is 1. The van der Waals surface area contributed by atoms with Gasteiger partial charge >= 0.3 is 5.97 Å². The van der Waals surface area contributed by atoms with Crippen LogP contribution in [0.3, 0.4) is 0 Å². The minimum atomic E-state index is -0.745. The van der Waals surface area contributed by atoms with Crippen LogP contribution in [0.4, 0.5) is 0 Å². The molecular weight excluding hydrogens is 266 g/mol. The van der Waals surface area contributed by atoms with E-state index in [2.05, 4.69) is 0 Å². The normalized spacial score (nSPS) is 28.4. The summed E-state index contributed by atoms with van der Waals surface area (Å²) < 4.78 is 0. The Morgan fingerprint density at radius 1 is 1.10 bits per heavy atom. The monoisotopic (exact) mass is 295 g/mol. The highest BCUT2D eigenvalue weighted by Gasteiger charge is 2.49. The highest BCUT2D eigenvalue weighted by molar-refractivity contribution is 5.82. The molecule has 1 N–H and O–H groups in total. The van der Waals surface area contributed by atoms with E-state index in [1.807, 2.05) is 18.7 Å². The Kier molecular flexibility index (Phi) is 5.28. The fourth-order valence-corrected chi connectivity index (χ4v) is 3.88. The predicted octanol–water partition coefficient (Wildman–Crippen LogP) is 3.31. The average molecular weight is 295 g/mol. The summed E-state index contributed by atoms with van der Waals surface area (Å²) in [5.41, 5.74) is -0.739. The Hall–Kier alpha value is -1.06. The van der Waals surface area contributed by atoms with Crippen molar-refractivity contribution in [2.24, 2.45) is 17.3 Å². The average Bonchev–Trinajstić information content (AvgIpc) is 2.84. The number of carbonyl (C=O) groups is 2. The first-order chi connectivity index (χ1) is 9.97. The lowest BCUT2D eigenvalue weighted by atomic mass is 9.76. The molecule has 2 rings (SSSR count). The van der Waals surface area contributed by atoms with Gasteiger partial charge < -0.3 is 10.0 Å². The number of aliphatic carboxylic acids is 1. The fraction of sp³-hybridized carbons (Fsp3) is 0.882. The van der Waals surface area contributed by atoms with Crippen molar-refractivity contribution >= 4 is 11.9 Å².